The summed E-state index contributed by atoms with van der Waals surface area (Å²) in [5, 5.41) is 3.22. The average Bonchev–Trinajstić information content (AvgIpc) is 2.79. The number of nitrogens with zero attached hydrogens (tertiary/aromatic N) is 2. The Morgan fingerprint density at radius 3 is 2.80 bits per heavy atom. The highest BCUT2D eigenvalue weighted by Crippen LogP contribution is 2.23. The van der Waals surface area contributed by atoms with Crippen molar-refractivity contribution in [1.82, 2.24) is 15.2 Å². The van der Waals surface area contributed by atoms with Gasteiger partial charge in [-0.25, -0.2) is 0 Å². The largest absolute Gasteiger partial charge is 0.315 e. The summed E-state index contributed by atoms with van der Waals surface area (Å²) in [7, 11) is 1.99. The predicted molar refractivity (Wildman–Crippen MR) is 85.8 cm³/mol. The monoisotopic (exact) mass is 289 g/mol. The van der Waals surface area contributed by atoms with Crippen LogP contribution in [0.1, 0.15) is 27.9 Å². The van der Waals surface area contributed by atoms with Crippen molar-refractivity contribution >= 4 is 11.3 Å². The summed E-state index contributed by atoms with van der Waals surface area (Å²) in [6, 6.07) is 8.44. The molecule has 0 saturated heterocycles. The summed E-state index contributed by atoms with van der Waals surface area (Å²) >= 11 is 1.89. The minimum Gasteiger partial charge on any atom is -0.315 e. The van der Waals surface area contributed by atoms with Crippen LogP contribution in [-0.4, -0.2) is 23.5 Å². The van der Waals surface area contributed by atoms with Crippen LogP contribution in [0.25, 0.3) is 0 Å². The van der Waals surface area contributed by atoms with E-state index >= 15 is 0 Å². The molecule has 4 heteroatoms. The molecule has 0 amide bonds. The van der Waals surface area contributed by atoms with E-state index in [0.29, 0.717) is 0 Å². The van der Waals surface area contributed by atoms with Crippen molar-refractivity contribution in [1.29, 1.82) is 0 Å². The summed E-state index contributed by atoms with van der Waals surface area (Å²) in [4.78, 5) is 9.68. The minimum atomic E-state index is 0.911. The third-order valence-electron chi connectivity index (χ3n) is 3.38. The standard InChI is InChI=1S/C16H23N3S/c1-4-19(12-15-7-5-6-8-18-15)11-14-9-16(10-17-3)20-13(14)2/h5-9,17H,4,10-12H2,1-3H3. The second-order valence-electron chi connectivity index (χ2n) is 4.95. The quantitative estimate of drug-likeness (QED) is 0.848. The Morgan fingerprint density at radius 1 is 1.30 bits per heavy atom. The summed E-state index contributed by atoms with van der Waals surface area (Å²) in [5.74, 6) is 0. The Labute approximate surface area is 125 Å². The van der Waals surface area contributed by atoms with Gasteiger partial charge in [0.15, 0.2) is 0 Å². The van der Waals surface area contributed by atoms with Crippen molar-refractivity contribution in [2.24, 2.45) is 0 Å². The van der Waals surface area contributed by atoms with Gasteiger partial charge >= 0.3 is 0 Å². The number of nitrogens with one attached hydrogen (secondary N) is 1. The Bertz CT molecular complexity index is 522. The van der Waals surface area contributed by atoms with Gasteiger partial charge in [-0.1, -0.05) is 13.0 Å². The van der Waals surface area contributed by atoms with E-state index < -0.39 is 0 Å². The van der Waals surface area contributed by atoms with Gasteiger partial charge in [-0.05, 0) is 44.3 Å². The molecule has 0 bridgehead atoms. The van der Waals surface area contributed by atoms with E-state index in [9.17, 15) is 0 Å². The SMILES string of the molecule is CCN(Cc1ccccn1)Cc1cc(CNC)sc1C. The van der Waals surface area contributed by atoms with Crippen LogP contribution < -0.4 is 5.32 Å². The lowest BCUT2D eigenvalue weighted by Crippen LogP contribution is -2.22. The van der Waals surface area contributed by atoms with Crippen LogP contribution in [0.15, 0.2) is 30.5 Å². The fourth-order valence-electron chi connectivity index (χ4n) is 2.25. The van der Waals surface area contributed by atoms with Crippen molar-refractivity contribution in [3.05, 3.63) is 51.5 Å². The molecular formula is C16H23N3S. The first-order valence-corrected chi connectivity index (χ1v) is 7.89. The number of rotatable bonds is 7. The van der Waals surface area contributed by atoms with Gasteiger partial charge in [-0.2, -0.15) is 0 Å². The minimum absolute atomic E-state index is 0.911. The summed E-state index contributed by atoms with van der Waals surface area (Å²) in [6.45, 7) is 8.32. The van der Waals surface area contributed by atoms with Crippen molar-refractivity contribution in [3.8, 4) is 0 Å². The first kappa shape index (κ1) is 15.2. The van der Waals surface area contributed by atoms with E-state index in [1.165, 1.54) is 15.3 Å². The Kier molecular flexibility index (Phi) is 5.71. The van der Waals surface area contributed by atoms with Crippen molar-refractivity contribution in [3.63, 3.8) is 0 Å². The fourth-order valence-corrected chi connectivity index (χ4v) is 3.31. The molecule has 0 aliphatic carbocycles. The first-order chi connectivity index (χ1) is 9.72. The van der Waals surface area contributed by atoms with E-state index in [4.69, 9.17) is 0 Å². The molecule has 20 heavy (non-hydrogen) atoms. The molecular weight excluding hydrogens is 266 g/mol. The second-order valence-corrected chi connectivity index (χ2v) is 6.29. The lowest BCUT2D eigenvalue weighted by atomic mass is 10.2. The molecule has 2 rings (SSSR count). The maximum absolute atomic E-state index is 4.42. The first-order valence-electron chi connectivity index (χ1n) is 7.08. The molecule has 108 valence electrons. The number of aryl methyl sites for hydroxylation is 1. The van der Waals surface area contributed by atoms with E-state index in [0.717, 1.165) is 31.9 Å². The van der Waals surface area contributed by atoms with E-state index in [1.54, 1.807) is 0 Å². The van der Waals surface area contributed by atoms with Gasteiger partial charge in [0, 0.05) is 35.6 Å². The van der Waals surface area contributed by atoms with Crippen LogP contribution in [0.2, 0.25) is 0 Å². The lowest BCUT2D eigenvalue weighted by molar-refractivity contribution is 0.268. The van der Waals surface area contributed by atoms with Gasteiger partial charge in [-0.15, -0.1) is 11.3 Å². The molecule has 0 fully saturated rings. The van der Waals surface area contributed by atoms with Crippen molar-refractivity contribution in [2.45, 2.75) is 33.5 Å². The van der Waals surface area contributed by atoms with Crippen molar-refractivity contribution < 1.29 is 0 Å². The highest BCUT2D eigenvalue weighted by molar-refractivity contribution is 7.12. The number of thiophene rings is 1. The Hall–Kier alpha value is -1.23. The Morgan fingerprint density at radius 2 is 2.15 bits per heavy atom. The summed E-state index contributed by atoms with van der Waals surface area (Å²) < 4.78 is 0. The second kappa shape index (κ2) is 7.53. The van der Waals surface area contributed by atoms with Crippen molar-refractivity contribution in [2.75, 3.05) is 13.6 Å². The maximum atomic E-state index is 4.42. The van der Waals surface area contributed by atoms with Gasteiger partial charge in [0.05, 0.1) is 5.69 Å². The van der Waals surface area contributed by atoms with Gasteiger partial charge in [0.25, 0.3) is 0 Å². The average molecular weight is 289 g/mol. The molecule has 0 spiro atoms. The van der Waals surface area contributed by atoms with E-state index in [1.807, 2.05) is 30.6 Å². The summed E-state index contributed by atoms with van der Waals surface area (Å²) in [6.07, 6.45) is 1.87. The zero-order chi connectivity index (χ0) is 14.4. The maximum Gasteiger partial charge on any atom is 0.0544 e. The van der Waals surface area contributed by atoms with Crippen LogP contribution in [0, 0.1) is 6.92 Å². The normalized spacial score (nSPS) is 11.2. The topological polar surface area (TPSA) is 28.2 Å². The molecule has 1 N–H and O–H groups in total. The molecule has 0 atom stereocenters. The molecule has 2 aromatic heterocycles. The molecule has 2 heterocycles. The highest BCUT2D eigenvalue weighted by Gasteiger charge is 2.10. The van der Waals surface area contributed by atoms with Crippen LogP contribution in [0.5, 0.6) is 0 Å². The number of hydrogen-bond donors (Lipinski definition) is 1. The molecule has 0 unspecified atom stereocenters. The zero-order valence-corrected chi connectivity index (χ0v) is 13.3. The highest BCUT2D eigenvalue weighted by atomic mass is 32.1. The van der Waals surface area contributed by atoms with E-state index in [2.05, 4.69) is 47.2 Å². The van der Waals surface area contributed by atoms with Crippen LogP contribution >= 0.6 is 11.3 Å². The van der Waals surface area contributed by atoms with Gasteiger partial charge in [0.2, 0.25) is 0 Å². The zero-order valence-electron chi connectivity index (χ0n) is 12.5. The van der Waals surface area contributed by atoms with Crippen LogP contribution in [0.4, 0.5) is 0 Å². The van der Waals surface area contributed by atoms with E-state index in [-0.39, 0.29) is 0 Å². The molecule has 0 radical (unpaired) electrons. The predicted octanol–water partition coefficient (Wildman–Crippen LogP) is 3.19. The van der Waals surface area contributed by atoms with Gasteiger partial charge < -0.3 is 5.32 Å². The molecule has 0 saturated carbocycles. The molecule has 0 aliphatic heterocycles. The number of hydrogen-bond acceptors (Lipinski definition) is 4. The smallest absolute Gasteiger partial charge is 0.0544 e. The lowest BCUT2D eigenvalue weighted by Gasteiger charge is -2.19. The van der Waals surface area contributed by atoms with Crippen LogP contribution in [0.3, 0.4) is 0 Å². The molecule has 0 aromatic carbocycles. The van der Waals surface area contributed by atoms with Gasteiger partial charge in [0.1, 0.15) is 0 Å². The Balaban J connectivity index is 2.02. The van der Waals surface area contributed by atoms with Crippen LogP contribution in [-0.2, 0) is 19.6 Å². The third kappa shape index (κ3) is 4.13. The molecule has 0 aliphatic rings. The summed E-state index contributed by atoms with van der Waals surface area (Å²) in [5.41, 5.74) is 2.58. The number of aromatic nitrogens is 1. The fraction of sp³-hybridized carbons (Fsp3) is 0.438. The third-order valence-corrected chi connectivity index (χ3v) is 4.47. The van der Waals surface area contributed by atoms with Gasteiger partial charge in [-0.3, -0.25) is 9.88 Å². The number of pyridine rings is 1. The molecule has 3 nitrogen and oxygen atoms in total. The molecule has 2 aromatic rings.